The molecule has 1 atom stereocenters. The summed E-state index contributed by atoms with van der Waals surface area (Å²) in [6.07, 6.45) is 0.595. The highest BCUT2D eigenvalue weighted by molar-refractivity contribution is 7.89. The van der Waals surface area contributed by atoms with Crippen LogP contribution in [0.2, 0.25) is 0 Å². The van der Waals surface area contributed by atoms with Crippen LogP contribution in [-0.2, 0) is 10.0 Å². The van der Waals surface area contributed by atoms with Crippen molar-refractivity contribution >= 4 is 21.1 Å². The first-order chi connectivity index (χ1) is 16.4. The van der Waals surface area contributed by atoms with E-state index in [1.807, 2.05) is 18.2 Å². The van der Waals surface area contributed by atoms with Gasteiger partial charge in [0.1, 0.15) is 23.6 Å². The second-order valence-electron chi connectivity index (χ2n) is 8.76. The number of aryl methyl sites for hydroxylation is 1. The molecule has 0 aliphatic carbocycles. The first kappa shape index (κ1) is 21.5. The number of para-hydroxylation sites is 1. The summed E-state index contributed by atoms with van der Waals surface area (Å²) in [5, 5.41) is 10.9. The van der Waals surface area contributed by atoms with Crippen molar-refractivity contribution in [2.24, 2.45) is 0 Å². The summed E-state index contributed by atoms with van der Waals surface area (Å²) < 4.78 is 44.4. The molecule has 5 heterocycles. The van der Waals surface area contributed by atoms with Gasteiger partial charge in [0.15, 0.2) is 17.2 Å². The number of nitrogens with zero attached hydrogens (tertiary/aromatic N) is 4. The lowest BCUT2D eigenvalue weighted by atomic mass is 10.1. The molecule has 0 bridgehead atoms. The number of benzene rings is 1. The Morgan fingerprint density at radius 2 is 1.88 bits per heavy atom. The Balaban J connectivity index is 1.12. The molecule has 0 saturated heterocycles. The Bertz CT molecular complexity index is 1400. The fourth-order valence-corrected chi connectivity index (χ4v) is 6.21. The van der Waals surface area contributed by atoms with Crippen LogP contribution < -0.4 is 9.47 Å². The average Bonchev–Trinajstić information content (AvgIpc) is 3.50. The zero-order valence-electron chi connectivity index (χ0n) is 18.6. The van der Waals surface area contributed by atoms with Gasteiger partial charge in [0.2, 0.25) is 10.0 Å². The normalized spacial score (nSPS) is 19.7. The van der Waals surface area contributed by atoms with E-state index < -0.39 is 16.1 Å². The van der Waals surface area contributed by atoms with Gasteiger partial charge in [-0.15, -0.1) is 0 Å². The molecule has 10 nitrogen and oxygen atoms in total. The summed E-state index contributed by atoms with van der Waals surface area (Å²) in [6.45, 7) is 4.87. The number of aliphatic hydroxyl groups is 1. The zero-order valence-corrected chi connectivity index (χ0v) is 19.4. The van der Waals surface area contributed by atoms with Gasteiger partial charge in [0.05, 0.1) is 12.3 Å². The van der Waals surface area contributed by atoms with Gasteiger partial charge in [-0.2, -0.15) is 4.31 Å². The van der Waals surface area contributed by atoms with Crippen LogP contribution in [0.1, 0.15) is 17.6 Å². The van der Waals surface area contributed by atoms with Crippen LogP contribution in [0, 0.1) is 6.92 Å². The molecule has 3 aliphatic rings. The Labute approximate surface area is 196 Å². The number of hydrogen-bond acceptors (Lipinski definition) is 9. The molecule has 3 aliphatic heterocycles. The lowest BCUT2D eigenvalue weighted by Crippen LogP contribution is -2.35. The van der Waals surface area contributed by atoms with Crippen molar-refractivity contribution in [2.45, 2.75) is 17.9 Å². The number of hydrogen-bond donors (Lipinski definition) is 1. The average molecular weight is 485 g/mol. The first-order valence-corrected chi connectivity index (χ1v) is 12.5. The van der Waals surface area contributed by atoms with Crippen LogP contribution >= 0.6 is 0 Å². The monoisotopic (exact) mass is 484 g/mol. The molecule has 6 rings (SSSR count). The maximum absolute atomic E-state index is 13.2. The van der Waals surface area contributed by atoms with Gasteiger partial charge in [-0.05, 0) is 17.2 Å². The highest BCUT2D eigenvalue weighted by Gasteiger charge is 2.37. The second kappa shape index (κ2) is 8.05. The molecule has 0 unspecified atom stereocenters. The number of rotatable bonds is 5. The van der Waals surface area contributed by atoms with E-state index in [2.05, 4.69) is 14.9 Å². The quantitative estimate of drug-likeness (QED) is 0.539. The SMILES string of the molecule is Cc1nc2c([C@H](O)CN3CC4=C(C3)CN(S(=O)(=O)c3cnc5c(c3)OCCO5)C4)cccc2o1. The third-order valence-corrected chi connectivity index (χ3v) is 8.18. The third-order valence-electron chi connectivity index (χ3n) is 6.42. The van der Waals surface area contributed by atoms with Crippen molar-refractivity contribution in [3.05, 3.63) is 53.1 Å². The Morgan fingerprint density at radius 1 is 1.12 bits per heavy atom. The van der Waals surface area contributed by atoms with Crippen LogP contribution in [-0.4, -0.2) is 78.6 Å². The highest BCUT2D eigenvalue weighted by atomic mass is 32.2. The van der Waals surface area contributed by atoms with Gasteiger partial charge in [-0.25, -0.2) is 18.4 Å². The fraction of sp³-hybridized carbons (Fsp3) is 0.391. The number of aromatic nitrogens is 2. The lowest BCUT2D eigenvalue weighted by molar-refractivity contribution is 0.127. The third kappa shape index (κ3) is 3.65. The van der Waals surface area contributed by atoms with Gasteiger partial charge in [-0.3, -0.25) is 4.90 Å². The summed E-state index contributed by atoms with van der Waals surface area (Å²) >= 11 is 0. The maximum Gasteiger partial charge on any atom is 0.257 e. The van der Waals surface area contributed by atoms with Crippen molar-refractivity contribution in [1.82, 2.24) is 19.2 Å². The molecule has 2 aromatic heterocycles. The number of aliphatic hydroxyl groups excluding tert-OH is 1. The van der Waals surface area contributed by atoms with Crippen molar-refractivity contribution in [3.8, 4) is 11.6 Å². The first-order valence-electron chi connectivity index (χ1n) is 11.1. The molecule has 34 heavy (non-hydrogen) atoms. The van der Waals surface area contributed by atoms with E-state index >= 15 is 0 Å². The topological polar surface area (TPSA) is 118 Å². The van der Waals surface area contributed by atoms with E-state index in [9.17, 15) is 13.5 Å². The summed E-state index contributed by atoms with van der Waals surface area (Å²) in [5.41, 5.74) is 4.23. The summed E-state index contributed by atoms with van der Waals surface area (Å²) in [4.78, 5) is 10.8. The predicted molar refractivity (Wildman–Crippen MR) is 121 cm³/mol. The standard InChI is InChI=1S/C23H24N4O6S/c1-14-25-22-18(3-2-4-20(22)33-14)19(28)13-26-9-15-11-27(12-16(15)10-26)34(29,30)17-7-21-23(24-8-17)32-6-5-31-21/h2-4,7-8,19,28H,5-6,9-13H2,1H3/t19-/m1/s1. The Kier molecular flexibility index (Phi) is 5.10. The Hall–Kier alpha value is -2.99. The minimum atomic E-state index is -3.71. The molecule has 0 amide bonds. The van der Waals surface area contributed by atoms with Crippen LogP contribution in [0.5, 0.6) is 11.6 Å². The molecule has 0 spiro atoms. The second-order valence-corrected chi connectivity index (χ2v) is 10.7. The van der Waals surface area contributed by atoms with E-state index in [1.54, 1.807) is 6.92 Å². The van der Waals surface area contributed by atoms with Crippen LogP contribution in [0.3, 0.4) is 0 Å². The van der Waals surface area contributed by atoms with Crippen LogP contribution in [0.15, 0.2) is 50.9 Å². The number of ether oxygens (including phenoxy) is 2. The van der Waals surface area contributed by atoms with Crippen molar-refractivity contribution in [1.29, 1.82) is 0 Å². The van der Waals surface area contributed by atoms with Gasteiger partial charge >= 0.3 is 0 Å². The number of β-amino-alcohol motifs (C(OH)–C–C–N with tert-alkyl or cyclic N) is 1. The smallest absolute Gasteiger partial charge is 0.257 e. The summed E-state index contributed by atoms with van der Waals surface area (Å²) in [5.74, 6) is 1.23. The number of pyridine rings is 1. The van der Waals surface area contributed by atoms with Crippen LogP contribution in [0.4, 0.5) is 0 Å². The van der Waals surface area contributed by atoms with Crippen molar-refractivity contribution < 1.29 is 27.4 Å². The highest BCUT2D eigenvalue weighted by Crippen LogP contribution is 2.34. The number of sulfonamides is 1. The van der Waals surface area contributed by atoms with E-state index in [4.69, 9.17) is 13.9 Å². The maximum atomic E-state index is 13.2. The predicted octanol–water partition coefficient (Wildman–Crippen LogP) is 1.65. The summed E-state index contributed by atoms with van der Waals surface area (Å²) in [6, 6.07) is 7.03. The van der Waals surface area contributed by atoms with Crippen molar-refractivity contribution in [3.63, 3.8) is 0 Å². The molecule has 3 aromatic rings. The van der Waals surface area contributed by atoms with Crippen LogP contribution in [0.25, 0.3) is 11.1 Å². The van der Waals surface area contributed by atoms with Crippen molar-refractivity contribution in [2.75, 3.05) is 45.9 Å². The van der Waals surface area contributed by atoms with Gasteiger partial charge < -0.3 is 19.0 Å². The lowest BCUT2D eigenvalue weighted by Gasteiger charge is -2.25. The van der Waals surface area contributed by atoms with Gasteiger partial charge in [-0.1, -0.05) is 12.1 Å². The Morgan fingerprint density at radius 3 is 2.68 bits per heavy atom. The molecule has 178 valence electrons. The van der Waals surface area contributed by atoms with Gasteiger partial charge in [0, 0.05) is 51.3 Å². The van der Waals surface area contributed by atoms with E-state index in [0.29, 0.717) is 74.6 Å². The molecule has 0 saturated carbocycles. The molecular weight excluding hydrogens is 460 g/mol. The molecule has 11 heteroatoms. The van der Waals surface area contributed by atoms with E-state index in [1.165, 1.54) is 16.6 Å². The zero-order chi connectivity index (χ0) is 23.4. The largest absolute Gasteiger partial charge is 0.484 e. The molecule has 0 fully saturated rings. The van der Waals surface area contributed by atoms with Gasteiger partial charge in [0.25, 0.3) is 5.88 Å². The fourth-order valence-electron chi connectivity index (χ4n) is 4.82. The minimum absolute atomic E-state index is 0.0983. The van der Waals surface area contributed by atoms with E-state index in [0.717, 1.165) is 16.7 Å². The van der Waals surface area contributed by atoms with E-state index in [-0.39, 0.29) is 4.90 Å². The molecular formula is C23H24N4O6S. The molecule has 0 radical (unpaired) electrons. The molecule has 1 N–H and O–H groups in total. The minimum Gasteiger partial charge on any atom is -0.484 e. The molecule has 1 aromatic carbocycles. The summed E-state index contributed by atoms with van der Waals surface area (Å²) in [7, 11) is -3.71. The number of fused-ring (bicyclic) bond motifs is 2. The number of oxazole rings is 1.